The molecule has 4 heterocycles. The van der Waals surface area contributed by atoms with Crippen LogP contribution in [0, 0.1) is 11.3 Å². The van der Waals surface area contributed by atoms with Gasteiger partial charge in [0.05, 0.1) is 16.6 Å². The Labute approximate surface area is 306 Å². The number of nitrogens with zero attached hydrogens (tertiary/aromatic N) is 5. The van der Waals surface area contributed by atoms with Gasteiger partial charge in [0, 0.05) is 58.4 Å². The number of nitriles is 1. The van der Waals surface area contributed by atoms with Crippen molar-refractivity contribution in [1.29, 1.82) is 5.26 Å². The molecule has 0 fully saturated rings. The number of fused-ring (bicyclic) bond motifs is 10. The minimum Gasteiger partial charge on any atom is -0.454 e. The first kappa shape index (κ1) is 29.6. The van der Waals surface area contributed by atoms with Gasteiger partial charge >= 0.3 is 0 Å². The van der Waals surface area contributed by atoms with Gasteiger partial charge in [-0.05, 0) is 36.4 Å². The van der Waals surface area contributed by atoms with Crippen LogP contribution >= 0.6 is 11.3 Å². The number of aromatic nitrogens is 4. The Morgan fingerprint density at radius 2 is 1.15 bits per heavy atom. The third-order valence-corrected chi connectivity index (χ3v) is 11.2. The number of hydrogen-bond donors (Lipinski definition) is 0. The largest absolute Gasteiger partial charge is 0.454 e. The lowest BCUT2D eigenvalue weighted by molar-refractivity contribution is 0.666. The molecule has 53 heavy (non-hydrogen) atoms. The highest BCUT2D eigenvalue weighted by atomic mass is 32.1. The Kier molecular flexibility index (Phi) is 6.38. The van der Waals surface area contributed by atoms with E-state index in [-0.39, 0.29) is 0 Å². The first-order valence-electron chi connectivity index (χ1n) is 17.3. The number of rotatable bonds is 4. The van der Waals surface area contributed by atoms with Crippen LogP contribution in [0.1, 0.15) is 5.56 Å². The predicted octanol–water partition coefficient (Wildman–Crippen LogP) is 12.1. The van der Waals surface area contributed by atoms with Gasteiger partial charge in [-0.15, -0.1) is 11.3 Å². The van der Waals surface area contributed by atoms with Crippen molar-refractivity contribution in [3.63, 3.8) is 0 Å². The van der Waals surface area contributed by atoms with Crippen LogP contribution in [0.2, 0.25) is 0 Å². The summed E-state index contributed by atoms with van der Waals surface area (Å²) in [7, 11) is 0. The SMILES string of the molecule is N#Cc1cc(-c2nc(-c3ccccc3)nc(-c3ccccc3)n2)c2c(oc3ccccc32)c1-n1c2ccccc2c2c3c(ccc21)sc1ccccc13. The van der Waals surface area contributed by atoms with Crippen molar-refractivity contribution in [2.24, 2.45) is 0 Å². The zero-order valence-corrected chi connectivity index (χ0v) is 28.8. The van der Waals surface area contributed by atoms with Gasteiger partial charge in [-0.25, -0.2) is 15.0 Å². The number of furan rings is 1. The van der Waals surface area contributed by atoms with Crippen LogP contribution in [0.4, 0.5) is 0 Å². The highest BCUT2D eigenvalue weighted by Crippen LogP contribution is 2.47. The van der Waals surface area contributed by atoms with Crippen LogP contribution < -0.4 is 0 Å². The summed E-state index contributed by atoms with van der Waals surface area (Å²) in [6.45, 7) is 0. The Morgan fingerprint density at radius 1 is 0.528 bits per heavy atom. The average molecular weight is 696 g/mol. The van der Waals surface area contributed by atoms with Crippen LogP contribution in [-0.4, -0.2) is 19.5 Å². The molecular weight excluding hydrogens is 671 g/mol. The lowest BCUT2D eigenvalue weighted by Crippen LogP contribution is -2.03. The van der Waals surface area contributed by atoms with Gasteiger partial charge in [0.2, 0.25) is 0 Å². The summed E-state index contributed by atoms with van der Waals surface area (Å²) >= 11 is 1.80. The molecule has 0 N–H and O–H groups in total. The number of para-hydroxylation sites is 2. The second-order valence-electron chi connectivity index (χ2n) is 13.1. The minimum atomic E-state index is 0.451. The fourth-order valence-electron chi connectivity index (χ4n) is 7.81. The minimum absolute atomic E-state index is 0.451. The molecule has 7 aromatic carbocycles. The molecule has 11 rings (SSSR count). The fourth-order valence-corrected chi connectivity index (χ4v) is 8.93. The molecule has 0 amide bonds. The predicted molar refractivity (Wildman–Crippen MR) is 215 cm³/mol. The monoisotopic (exact) mass is 695 g/mol. The van der Waals surface area contributed by atoms with E-state index in [0.717, 1.165) is 43.7 Å². The zero-order valence-electron chi connectivity index (χ0n) is 28.0. The van der Waals surface area contributed by atoms with Crippen LogP contribution in [-0.2, 0) is 0 Å². The van der Waals surface area contributed by atoms with Gasteiger partial charge in [0.15, 0.2) is 23.1 Å². The highest BCUT2D eigenvalue weighted by Gasteiger charge is 2.27. The van der Waals surface area contributed by atoms with E-state index in [1.54, 1.807) is 11.3 Å². The summed E-state index contributed by atoms with van der Waals surface area (Å²) in [6, 6.07) is 53.8. The van der Waals surface area contributed by atoms with Gasteiger partial charge in [-0.1, -0.05) is 115 Å². The molecule has 0 aliphatic heterocycles. The second kappa shape index (κ2) is 11.4. The summed E-state index contributed by atoms with van der Waals surface area (Å²) in [4.78, 5) is 15.1. The normalized spacial score (nSPS) is 11.8. The second-order valence-corrected chi connectivity index (χ2v) is 14.1. The van der Waals surface area contributed by atoms with E-state index in [2.05, 4.69) is 77.4 Å². The van der Waals surface area contributed by atoms with Gasteiger partial charge in [0.25, 0.3) is 0 Å². The van der Waals surface area contributed by atoms with Crippen molar-refractivity contribution in [3.05, 3.63) is 157 Å². The first-order chi connectivity index (χ1) is 26.2. The van der Waals surface area contributed by atoms with Crippen molar-refractivity contribution >= 4 is 75.3 Å². The maximum Gasteiger partial charge on any atom is 0.164 e. The molecule has 0 saturated heterocycles. The highest BCUT2D eigenvalue weighted by molar-refractivity contribution is 7.26. The van der Waals surface area contributed by atoms with Crippen molar-refractivity contribution in [1.82, 2.24) is 19.5 Å². The molecule has 4 aromatic heterocycles. The van der Waals surface area contributed by atoms with Gasteiger partial charge in [-0.2, -0.15) is 5.26 Å². The van der Waals surface area contributed by atoms with Gasteiger partial charge in [0.1, 0.15) is 17.3 Å². The fraction of sp³-hybridized carbons (Fsp3) is 0. The maximum atomic E-state index is 11.1. The van der Waals surface area contributed by atoms with Crippen LogP contribution in [0.5, 0.6) is 0 Å². The zero-order chi connectivity index (χ0) is 35.0. The smallest absolute Gasteiger partial charge is 0.164 e. The lowest BCUT2D eigenvalue weighted by atomic mass is 10.00. The Hall–Kier alpha value is -7.14. The molecule has 0 radical (unpaired) electrons. The third kappa shape index (κ3) is 4.40. The summed E-state index contributed by atoms with van der Waals surface area (Å²) in [5.74, 6) is 1.56. The summed E-state index contributed by atoms with van der Waals surface area (Å²) in [6.07, 6.45) is 0. The van der Waals surface area contributed by atoms with E-state index in [1.165, 1.54) is 20.2 Å². The van der Waals surface area contributed by atoms with E-state index in [1.807, 2.05) is 84.9 Å². The van der Waals surface area contributed by atoms with Crippen molar-refractivity contribution in [2.75, 3.05) is 0 Å². The van der Waals surface area contributed by atoms with Gasteiger partial charge in [-0.3, -0.25) is 0 Å². The lowest BCUT2D eigenvalue weighted by Gasteiger charge is -2.14. The van der Waals surface area contributed by atoms with E-state index in [9.17, 15) is 5.26 Å². The molecule has 0 saturated carbocycles. The molecule has 6 nitrogen and oxygen atoms in total. The molecule has 0 atom stereocenters. The summed E-state index contributed by atoms with van der Waals surface area (Å²) < 4.78 is 11.5. The van der Waals surface area contributed by atoms with E-state index >= 15 is 0 Å². The summed E-state index contributed by atoms with van der Waals surface area (Å²) in [5.41, 5.74) is 6.90. The van der Waals surface area contributed by atoms with Crippen molar-refractivity contribution in [2.45, 2.75) is 0 Å². The average Bonchev–Trinajstić information content (AvgIpc) is 3.90. The van der Waals surface area contributed by atoms with Crippen LogP contribution in [0.25, 0.3) is 104 Å². The molecule has 7 heteroatoms. The maximum absolute atomic E-state index is 11.1. The Morgan fingerprint density at radius 3 is 1.89 bits per heavy atom. The number of thiophene rings is 1. The molecule has 11 aromatic rings. The molecule has 0 unspecified atom stereocenters. The van der Waals surface area contributed by atoms with E-state index in [0.29, 0.717) is 45.5 Å². The Bertz CT molecular complexity index is 3240. The molecular formula is C46H25N5OS. The topological polar surface area (TPSA) is 80.5 Å². The third-order valence-electron chi connectivity index (χ3n) is 10.1. The molecule has 246 valence electrons. The van der Waals surface area contributed by atoms with Crippen LogP contribution in [0.3, 0.4) is 0 Å². The van der Waals surface area contributed by atoms with Crippen LogP contribution in [0.15, 0.2) is 156 Å². The summed E-state index contributed by atoms with van der Waals surface area (Å²) in [5, 5.41) is 17.5. The number of benzene rings is 7. The quantitative estimate of drug-likeness (QED) is 0.183. The molecule has 0 aliphatic rings. The molecule has 0 spiro atoms. The van der Waals surface area contributed by atoms with Gasteiger partial charge < -0.3 is 8.98 Å². The number of hydrogen-bond acceptors (Lipinski definition) is 6. The van der Waals surface area contributed by atoms with E-state index < -0.39 is 0 Å². The Balaban J connectivity index is 1.28. The standard InChI is InChI=1S/C46H25N5OS/c47-26-29-25-33(46-49-44(27-13-3-1-4-14-27)48-45(50-46)28-15-5-2-6-16-28)39-31-18-8-11-21-36(31)52-43(39)42(29)51-34-20-10-7-17-30(34)40-35(51)23-24-38-41(40)32-19-9-12-22-37(32)53-38/h1-25H. The van der Waals surface area contributed by atoms with E-state index in [4.69, 9.17) is 19.4 Å². The molecule has 0 bridgehead atoms. The van der Waals surface area contributed by atoms with Crippen molar-refractivity contribution in [3.8, 4) is 45.9 Å². The molecule has 0 aliphatic carbocycles. The first-order valence-corrected chi connectivity index (χ1v) is 18.2. The van der Waals surface area contributed by atoms with Crippen molar-refractivity contribution < 1.29 is 4.42 Å².